The number of nitrogens with one attached hydrogen (secondary N) is 1. The second-order valence-electron chi connectivity index (χ2n) is 5.28. The molecule has 0 radical (unpaired) electrons. The zero-order valence-electron chi connectivity index (χ0n) is 11.4. The fraction of sp³-hybridized carbons (Fsp3) is 1.00. The topological polar surface area (TPSA) is 47.3 Å². The highest BCUT2D eigenvalue weighted by molar-refractivity contribution is 4.70. The minimum absolute atomic E-state index is 0.484. The summed E-state index contributed by atoms with van der Waals surface area (Å²) in [4.78, 5) is 0. The molecule has 1 rings (SSSR count). The lowest BCUT2D eigenvalue weighted by molar-refractivity contribution is 0.00841. The first kappa shape index (κ1) is 14.9. The molecular weight excluding hydrogens is 212 g/mol. The van der Waals surface area contributed by atoms with Crippen molar-refractivity contribution < 1.29 is 4.74 Å². The highest BCUT2D eigenvalue weighted by Gasteiger charge is 2.15. The van der Waals surface area contributed by atoms with Crippen molar-refractivity contribution in [3.63, 3.8) is 0 Å². The average molecular weight is 242 g/mol. The van der Waals surface area contributed by atoms with Gasteiger partial charge in [-0.1, -0.05) is 32.6 Å². The highest BCUT2D eigenvalue weighted by Crippen LogP contribution is 2.19. The van der Waals surface area contributed by atoms with Crippen molar-refractivity contribution in [2.24, 2.45) is 5.84 Å². The van der Waals surface area contributed by atoms with E-state index in [2.05, 4.69) is 12.3 Å². The van der Waals surface area contributed by atoms with E-state index < -0.39 is 0 Å². The molecule has 2 unspecified atom stereocenters. The molecule has 1 saturated heterocycles. The molecule has 2 atom stereocenters. The highest BCUT2D eigenvalue weighted by atomic mass is 16.5. The summed E-state index contributed by atoms with van der Waals surface area (Å²) in [5.74, 6) is 5.61. The number of hydrazine groups is 1. The molecule has 0 bridgehead atoms. The summed E-state index contributed by atoms with van der Waals surface area (Å²) >= 11 is 0. The van der Waals surface area contributed by atoms with Crippen LogP contribution in [0.4, 0.5) is 0 Å². The van der Waals surface area contributed by atoms with Gasteiger partial charge in [-0.05, 0) is 38.5 Å². The Bertz CT molecular complexity index is 170. The standard InChI is InChI=1S/C14H30N2O/c1-2-3-4-5-8-13(16-15)10-11-14-9-6-7-12-17-14/h13-14,16H,2-12,15H2,1H3. The van der Waals surface area contributed by atoms with E-state index in [1.807, 2.05) is 0 Å². The number of ether oxygens (including phenoxy) is 1. The van der Waals surface area contributed by atoms with Crippen molar-refractivity contribution >= 4 is 0 Å². The van der Waals surface area contributed by atoms with E-state index >= 15 is 0 Å². The van der Waals surface area contributed by atoms with Gasteiger partial charge in [-0.2, -0.15) is 0 Å². The smallest absolute Gasteiger partial charge is 0.0575 e. The number of hydrogen-bond donors (Lipinski definition) is 2. The predicted molar refractivity (Wildman–Crippen MR) is 72.7 cm³/mol. The van der Waals surface area contributed by atoms with Gasteiger partial charge in [0.15, 0.2) is 0 Å². The Morgan fingerprint density at radius 1 is 1.24 bits per heavy atom. The lowest BCUT2D eigenvalue weighted by atomic mass is 9.98. The van der Waals surface area contributed by atoms with Gasteiger partial charge in [-0.25, -0.2) is 0 Å². The van der Waals surface area contributed by atoms with Crippen LogP contribution in [0.1, 0.15) is 71.1 Å². The zero-order valence-corrected chi connectivity index (χ0v) is 11.4. The van der Waals surface area contributed by atoms with Crippen LogP contribution in [0, 0.1) is 0 Å². The van der Waals surface area contributed by atoms with Crippen molar-refractivity contribution in [1.29, 1.82) is 0 Å². The first-order valence-corrected chi connectivity index (χ1v) is 7.44. The van der Waals surface area contributed by atoms with Gasteiger partial charge in [0.2, 0.25) is 0 Å². The van der Waals surface area contributed by atoms with Crippen LogP contribution < -0.4 is 11.3 Å². The molecule has 0 amide bonds. The maximum Gasteiger partial charge on any atom is 0.0575 e. The fourth-order valence-corrected chi connectivity index (χ4v) is 2.55. The van der Waals surface area contributed by atoms with Crippen molar-refractivity contribution in [2.75, 3.05) is 6.61 Å². The number of hydrogen-bond acceptors (Lipinski definition) is 3. The number of unbranched alkanes of at least 4 members (excludes halogenated alkanes) is 3. The van der Waals surface area contributed by atoms with Crippen LogP contribution in [-0.4, -0.2) is 18.8 Å². The van der Waals surface area contributed by atoms with Crippen LogP contribution in [0.2, 0.25) is 0 Å². The Balaban J connectivity index is 2.04. The minimum Gasteiger partial charge on any atom is -0.378 e. The lowest BCUT2D eigenvalue weighted by Crippen LogP contribution is -2.36. The van der Waals surface area contributed by atoms with E-state index in [-0.39, 0.29) is 0 Å². The molecule has 0 spiro atoms. The molecule has 0 aromatic rings. The van der Waals surface area contributed by atoms with Gasteiger partial charge in [0.25, 0.3) is 0 Å². The van der Waals surface area contributed by atoms with Crippen LogP contribution in [-0.2, 0) is 4.74 Å². The number of rotatable bonds is 9. The van der Waals surface area contributed by atoms with Crippen LogP contribution in [0.15, 0.2) is 0 Å². The molecule has 0 aromatic carbocycles. The zero-order chi connectivity index (χ0) is 12.3. The molecule has 17 heavy (non-hydrogen) atoms. The minimum atomic E-state index is 0.484. The third kappa shape index (κ3) is 7.02. The van der Waals surface area contributed by atoms with Gasteiger partial charge in [0.1, 0.15) is 0 Å². The normalized spacial score (nSPS) is 22.6. The maximum atomic E-state index is 5.75. The fourth-order valence-electron chi connectivity index (χ4n) is 2.55. The van der Waals surface area contributed by atoms with Gasteiger partial charge in [-0.3, -0.25) is 11.3 Å². The summed E-state index contributed by atoms with van der Waals surface area (Å²) in [7, 11) is 0. The molecule has 1 aliphatic rings. The Kier molecular flexibility index (Phi) is 8.67. The second-order valence-corrected chi connectivity index (χ2v) is 5.28. The van der Waals surface area contributed by atoms with Crippen molar-refractivity contribution in [1.82, 2.24) is 5.43 Å². The Morgan fingerprint density at radius 2 is 2.12 bits per heavy atom. The molecule has 1 fully saturated rings. The molecular formula is C14H30N2O. The van der Waals surface area contributed by atoms with Gasteiger partial charge in [0.05, 0.1) is 6.10 Å². The number of nitrogens with two attached hydrogens (primary N) is 1. The predicted octanol–water partition coefficient (Wildman–Crippen LogP) is 3.14. The van der Waals surface area contributed by atoms with Crippen molar-refractivity contribution in [3.05, 3.63) is 0 Å². The van der Waals surface area contributed by atoms with Crippen LogP contribution >= 0.6 is 0 Å². The summed E-state index contributed by atoms with van der Waals surface area (Å²) in [6.07, 6.45) is 13.2. The summed E-state index contributed by atoms with van der Waals surface area (Å²) in [6, 6.07) is 0.484. The molecule has 3 heteroatoms. The van der Waals surface area contributed by atoms with E-state index in [4.69, 9.17) is 10.6 Å². The molecule has 1 heterocycles. The summed E-state index contributed by atoms with van der Waals surface area (Å²) in [6.45, 7) is 3.21. The molecule has 102 valence electrons. The third-order valence-electron chi connectivity index (χ3n) is 3.75. The van der Waals surface area contributed by atoms with E-state index in [1.54, 1.807) is 0 Å². The van der Waals surface area contributed by atoms with Crippen LogP contribution in [0.3, 0.4) is 0 Å². The van der Waals surface area contributed by atoms with E-state index in [1.165, 1.54) is 57.8 Å². The average Bonchev–Trinajstić information content (AvgIpc) is 2.39. The molecule has 0 aromatic heterocycles. The SMILES string of the molecule is CCCCCCC(CCC1CCCCO1)NN. The molecule has 0 saturated carbocycles. The summed E-state index contributed by atoms with van der Waals surface area (Å²) < 4.78 is 5.75. The van der Waals surface area contributed by atoms with Crippen LogP contribution in [0.25, 0.3) is 0 Å². The Hall–Kier alpha value is -0.120. The van der Waals surface area contributed by atoms with Gasteiger partial charge >= 0.3 is 0 Å². The largest absolute Gasteiger partial charge is 0.378 e. The van der Waals surface area contributed by atoms with Gasteiger partial charge in [0, 0.05) is 12.6 Å². The molecule has 1 aliphatic heterocycles. The van der Waals surface area contributed by atoms with Crippen LogP contribution in [0.5, 0.6) is 0 Å². The van der Waals surface area contributed by atoms with E-state index in [9.17, 15) is 0 Å². The molecule has 0 aliphatic carbocycles. The lowest BCUT2D eigenvalue weighted by Gasteiger charge is -2.24. The Morgan fingerprint density at radius 3 is 2.76 bits per heavy atom. The first-order valence-electron chi connectivity index (χ1n) is 7.44. The van der Waals surface area contributed by atoms with E-state index in [0.717, 1.165) is 13.0 Å². The van der Waals surface area contributed by atoms with Gasteiger partial charge < -0.3 is 4.74 Å². The monoisotopic (exact) mass is 242 g/mol. The summed E-state index contributed by atoms with van der Waals surface area (Å²) in [5, 5.41) is 0. The Labute approximate surface area is 106 Å². The van der Waals surface area contributed by atoms with Crippen molar-refractivity contribution in [2.45, 2.75) is 83.3 Å². The third-order valence-corrected chi connectivity index (χ3v) is 3.75. The second kappa shape index (κ2) is 9.86. The van der Waals surface area contributed by atoms with Gasteiger partial charge in [-0.15, -0.1) is 0 Å². The molecule has 3 nitrogen and oxygen atoms in total. The van der Waals surface area contributed by atoms with E-state index in [0.29, 0.717) is 12.1 Å². The maximum absolute atomic E-state index is 5.75. The van der Waals surface area contributed by atoms with Crippen molar-refractivity contribution in [3.8, 4) is 0 Å². The quantitative estimate of drug-likeness (QED) is 0.371. The molecule has 3 N–H and O–H groups in total. The summed E-state index contributed by atoms with van der Waals surface area (Å²) in [5.41, 5.74) is 2.96. The first-order chi connectivity index (χ1) is 8.36.